The lowest BCUT2D eigenvalue weighted by Gasteiger charge is -2.18. The van der Waals surface area contributed by atoms with Crippen molar-refractivity contribution in [1.29, 1.82) is 0 Å². The average molecular weight is 308 g/mol. The second-order valence-electron chi connectivity index (χ2n) is 4.47. The Morgan fingerprint density at radius 3 is 2.90 bits per heavy atom. The molecule has 21 heavy (non-hydrogen) atoms. The quantitative estimate of drug-likeness (QED) is 0.862. The highest BCUT2D eigenvalue weighted by Crippen LogP contribution is 2.30. The Morgan fingerprint density at radius 2 is 2.19 bits per heavy atom. The van der Waals surface area contributed by atoms with Crippen molar-refractivity contribution in [3.63, 3.8) is 0 Å². The van der Waals surface area contributed by atoms with E-state index in [1.54, 1.807) is 19.3 Å². The lowest BCUT2D eigenvalue weighted by molar-refractivity contribution is -0.118. The largest absolute Gasteiger partial charge is 0.482 e. The molecule has 8 nitrogen and oxygen atoms in total. The molecule has 0 atom stereocenters. The van der Waals surface area contributed by atoms with Crippen LogP contribution in [0.25, 0.3) is 0 Å². The van der Waals surface area contributed by atoms with E-state index in [4.69, 9.17) is 4.74 Å². The van der Waals surface area contributed by atoms with Crippen LogP contribution in [0, 0.1) is 0 Å². The molecule has 0 aliphatic carbocycles. The Kier molecular flexibility index (Phi) is 3.05. The molecule has 0 unspecified atom stereocenters. The third kappa shape index (κ3) is 2.68. The number of aryl methyl sites for hydroxylation is 1. The highest BCUT2D eigenvalue weighted by Gasteiger charge is 2.21. The number of benzene rings is 1. The van der Waals surface area contributed by atoms with Crippen molar-refractivity contribution >= 4 is 27.4 Å². The predicted octanol–water partition coefficient (Wildman–Crippen LogP) is 0.552. The number of ether oxygens (including phenoxy) is 1. The van der Waals surface area contributed by atoms with Gasteiger partial charge in [0.25, 0.3) is 15.9 Å². The number of aromatic nitrogens is 2. The lowest BCUT2D eigenvalue weighted by atomic mass is 10.2. The van der Waals surface area contributed by atoms with E-state index in [0.717, 1.165) is 0 Å². The molecule has 110 valence electrons. The Hall–Kier alpha value is -2.55. The summed E-state index contributed by atoms with van der Waals surface area (Å²) in [5, 5.41) is 6.52. The van der Waals surface area contributed by atoms with Crippen molar-refractivity contribution in [3.05, 3.63) is 30.5 Å². The van der Waals surface area contributed by atoms with Gasteiger partial charge in [-0.2, -0.15) is 5.10 Å². The van der Waals surface area contributed by atoms with Gasteiger partial charge >= 0.3 is 0 Å². The van der Waals surface area contributed by atoms with E-state index in [1.165, 1.54) is 22.9 Å². The standard InChI is InChI=1S/C12H12N4O4S/c1-16-5-4-11(14-16)15-21(18,19)8-2-3-10-9(6-8)13-12(17)7-20-10/h2-6H,7H2,1H3,(H,13,17)(H,14,15). The number of rotatable bonds is 3. The minimum absolute atomic E-state index is 0.0118. The molecule has 2 aromatic rings. The van der Waals surface area contributed by atoms with Gasteiger partial charge in [0.2, 0.25) is 0 Å². The molecule has 1 aliphatic heterocycles. The maximum atomic E-state index is 12.3. The van der Waals surface area contributed by atoms with Gasteiger partial charge in [0.15, 0.2) is 12.4 Å². The van der Waals surface area contributed by atoms with E-state index in [0.29, 0.717) is 11.4 Å². The minimum atomic E-state index is -3.78. The maximum Gasteiger partial charge on any atom is 0.263 e. The van der Waals surface area contributed by atoms with Crippen LogP contribution in [0.4, 0.5) is 11.5 Å². The summed E-state index contributed by atoms with van der Waals surface area (Å²) in [6.07, 6.45) is 1.62. The predicted molar refractivity (Wildman–Crippen MR) is 74.6 cm³/mol. The fraction of sp³-hybridized carbons (Fsp3) is 0.167. The summed E-state index contributed by atoms with van der Waals surface area (Å²) in [6, 6.07) is 5.79. The molecule has 0 bridgehead atoms. The molecule has 2 heterocycles. The van der Waals surface area contributed by atoms with E-state index in [-0.39, 0.29) is 23.2 Å². The van der Waals surface area contributed by atoms with Crippen LogP contribution in [-0.2, 0) is 21.9 Å². The normalized spacial score (nSPS) is 14.0. The first-order valence-corrected chi connectivity index (χ1v) is 7.51. The van der Waals surface area contributed by atoms with Crippen LogP contribution in [0.1, 0.15) is 0 Å². The van der Waals surface area contributed by atoms with Crippen molar-refractivity contribution in [2.45, 2.75) is 4.90 Å². The van der Waals surface area contributed by atoms with Crippen molar-refractivity contribution in [1.82, 2.24) is 9.78 Å². The molecule has 1 amide bonds. The number of carbonyl (C=O) groups is 1. The average Bonchev–Trinajstić information content (AvgIpc) is 2.82. The van der Waals surface area contributed by atoms with E-state index in [1.807, 2.05) is 0 Å². The van der Waals surface area contributed by atoms with Gasteiger partial charge in [-0.15, -0.1) is 0 Å². The second kappa shape index (κ2) is 4.77. The molecule has 0 saturated heterocycles. The third-order valence-corrected chi connectivity index (χ3v) is 4.20. The Bertz CT molecular complexity index is 812. The minimum Gasteiger partial charge on any atom is -0.482 e. The molecule has 0 radical (unpaired) electrons. The SMILES string of the molecule is Cn1ccc(NS(=O)(=O)c2ccc3c(c2)NC(=O)CO3)n1. The summed E-state index contributed by atoms with van der Waals surface area (Å²) >= 11 is 0. The topological polar surface area (TPSA) is 102 Å². The van der Waals surface area contributed by atoms with Gasteiger partial charge < -0.3 is 10.1 Å². The van der Waals surface area contributed by atoms with Crippen LogP contribution in [0.2, 0.25) is 0 Å². The first-order valence-electron chi connectivity index (χ1n) is 6.03. The van der Waals surface area contributed by atoms with Crippen LogP contribution < -0.4 is 14.8 Å². The lowest BCUT2D eigenvalue weighted by Crippen LogP contribution is -2.25. The van der Waals surface area contributed by atoms with Gasteiger partial charge in [-0.1, -0.05) is 0 Å². The molecule has 0 spiro atoms. The van der Waals surface area contributed by atoms with Gasteiger partial charge in [0, 0.05) is 19.3 Å². The molecule has 0 fully saturated rings. The number of sulfonamides is 1. The summed E-state index contributed by atoms with van der Waals surface area (Å²) < 4.78 is 33.6. The Labute approximate surface area is 120 Å². The summed E-state index contributed by atoms with van der Waals surface area (Å²) in [5.74, 6) is 0.330. The Balaban J connectivity index is 1.92. The van der Waals surface area contributed by atoms with Crippen molar-refractivity contribution in [2.75, 3.05) is 16.6 Å². The van der Waals surface area contributed by atoms with Gasteiger partial charge in [-0.05, 0) is 18.2 Å². The number of nitrogens with zero attached hydrogens (tertiary/aromatic N) is 2. The zero-order valence-corrected chi connectivity index (χ0v) is 11.8. The van der Waals surface area contributed by atoms with Crippen molar-refractivity contribution in [3.8, 4) is 5.75 Å². The highest BCUT2D eigenvalue weighted by molar-refractivity contribution is 7.92. The zero-order valence-electron chi connectivity index (χ0n) is 11.0. The summed E-state index contributed by atoms with van der Waals surface area (Å²) in [6.45, 7) is -0.0781. The molecule has 1 aromatic heterocycles. The number of fused-ring (bicyclic) bond motifs is 1. The van der Waals surface area contributed by atoms with E-state index < -0.39 is 10.0 Å². The first kappa shape index (κ1) is 13.4. The number of anilines is 2. The molecular formula is C12H12N4O4S. The third-order valence-electron chi connectivity index (χ3n) is 2.85. The highest BCUT2D eigenvalue weighted by atomic mass is 32.2. The number of nitrogens with one attached hydrogen (secondary N) is 2. The second-order valence-corrected chi connectivity index (χ2v) is 6.16. The molecule has 1 aromatic carbocycles. The summed E-state index contributed by atoms with van der Waals surface area (Å²) in [4.78, 5) is 11.3. The van der Waals surface area contributed by atoms with Crippen LogP contribution in [-0.4, -0.2) is 30.7 Å². The van der Waals surface area contributed by atoms with Gasteiger partial charge in [-0.3, -0.25) is 14.2 Å². The van der Waals surface area contributed by atoms with Crippen LogP contribution in [0.15, 0.2) is 35.4 Å². The molecule has 0 saturated carbocycles. The first-order chi connectivity index (χ1) is 9.94. The van der Waals surface area contributed by atoms with Gasteiger partial charge in [-0.25, -0.2) is 8.42 Å². The maximum absolute atomic E-state index is 12.3. The molecule has 9 heteroatoms. The van der Waals surface area contributed by atoms with Crippen LogP contribution in [0.5, 0.6) is 5.75 Å². The summed E-state index contributed by atoms with van der Waals surface area (Å²) in [7, 11) is -2.10. The summed E-state index contributed by atoms with van der Waals surface area (Å²) in [5.41, 5.74) is 0.329. The van der Waals surface area contributed by atoms with Gasteiger partial charge in [0.05, 0.1) is 10.6 Å². The molecule has 1 aliphatic rings. The van der Waals surface area contributed by atoms with Crippen molar-refractivity contribution in [2.24, 2.45) is 7.05 Å². The Morgan fingerprint density at radius 1 is 1.38 bits per heavy atom. The number of hydrogen-bond donors (Lipinski definition) is 2. The van der Waals surface area contributed by atoms with E-state index >= 15 is 0 Å². The van der Waals surface area contributed by atoms with Crippen molar-refractivity contribution < 1.29 is 17.9 Å². The molecule has 2 N–H and O–H groups in total. The van der Waals surface area contributed by atoms with Crippen LogP contribution in [0.3, 0.4) is 0 Å². The molecule has 3 rings (SSSR count). The molecular weight excluding hydrogens is 296 g/mol. The van der Waals surface area contributed by atoms with E-state index in [9.17, 15) is 13.2 Å². The number of hydrogen-bond acceptors (Lipinski definition) is 5. The zero-order chi connectivity index (χ0) is 15.0. The van der Waals surface area contributed by atoms with Crippen LogP contribution >= 0.6 is 0 Å². The number of amides is 1. The van der Waals surface area contributed by atoms with Gasteiger partial charge in [0.1, 0.15) is 5.75 Å². The van der Waals surface area contributed by atoms with E-state index in [2.05, 4.69) is 15.1 Å². The monoisotopic (exact) mass is 308 g/mol. The fourth-order valence-corrected chi connectivity index (χ4v) is 2.92. The smallest absolute Gasteiger partial charge is 0.263 e. The fourth-order valence-electron chi connectivity index (χ4n) is 1.90. The number of carbonyl (C=O) groups excluding carboxylic acids is 1.